The predicted octanol–water partition coefficient (Wildman–Crippen LogP) is 6.33. The van der Waals surface area contributed by atoms with Gasteiger partial charge in [0.1, 0.15) is 23.0 Å². The molecule has 212 valence electrons. The highest BCUT2D eigenvalue weighted by atomic mass is 16.5. The van der Waals surface area contributed by atoms with Gasteiger partial charge in [0.25, 0.3) is 0 Å². The fourth-order valence-electron chi connectivity index (χ4n) is 4.82. The van der Waals surface area contributed by atoms with E-state index >= 15 is 0 Å². The molecule has 0 amide bonds. The van der Waals surface area contributed by atoms with E-state index in [-0.39, 0.29) is 29.8 Å². The highest BCUT2D eigenvalue weighted by Gasteiger charge is 2.23. The van der Waals surface area contributed by atoms with E-state index in [0.717, 1.165) is 44.1 Å². The van der Waals surface area contributed by atoms with Crippen molar-refractivity contribution in [3.05, 3.63) is 46.5 Å². The van der Waals surface area contributed by atoms with Gasteiger partial charge >= 0.3 is 5.97 Å². The van der Waals surface area contributed by atoms with E-state index < -0.39 is 5.97 Å². The predicted molar refractivity (Wildman–Crippen MR) is 148 cm³/mol. The second-order valence-electron chi connectivity index (χ2n) is 10.1. The molecule has 0 spiro atoms. The fourth-order valence-corrected chi connectivity index (χ4v) is 4.82. The summed E-state index contributed by atoms with van der Waals surface area (Å²) in [5, 5.41) is 19.4. The van der Waals surface area contributed by atoms with Crippen LogP contribution in [0.4, 0.5) is 0 Å². The van der Waals surface area contributed by atoms with E-state index in [1.165, 1.54) is 13.8 Å². The lowest BCUT2D eigenvalue weighted by atomic mass is 9.96. The molecule has 0 radical (unpaired) electrons. The van der Waals surface area contributed by atoms with Crippen molar-refractivity contribution in [1.29, 1.82) is 0 Å². The Morgan fingerprint density at radius 2 is 1.64 bits per heavy atom. The molecule has 2 aromatic rings. The van der Waals surface area contributed by atoms with E-state index in [2.05, 4.69) is 0 Å². The van der Waals surface area contributed by atoms with Crippen molar-refractivity contribution in [3.8, 4) is 23.0 Å². The van der Waals surface area contributed by atoms with Crippen LogP contribution in [0.5, 0.6) is 23.0 Å². The number of phenolic OH excluding ortho intramolecular Hbond substituents is 1. The quantitative estimate of drug-likeness (QED) is 0.187. The maximum atomic E-state index is 12.3. The standard InChI is InChI=1S/C31H40O8/c1-4-9-25-27(15-14-24(20(2)32)31(25)36)37-16-6-5-7-17-38-29-19-28-22(18-26(29)21(3)33)12-13-23(39-28)10-8-11-30(34)35/h14-15,18-19,23,36H,4-13,16-17H2,1-3H3,(H,34,35). The van der Waals surface area contributed by atoms with Crippen LogP contribution < -0.4 is 14.2 Å². The zero-order chi connectivity index (χ0) is 28.4. The Labute approximate surface area is 230 Å². The number of fused-ring (bicyclic) bond motifs is 1. The number of unbranched alkanes of at least 4 members (excludes halogenated alkanes) is 2. The van der Waals surface area contributed by atoms with Crippen molar-refractivity contribution in [2.75, 3.05) is 13.2 Å². The number of Topliss-reactive ketones (excluding diaryl/α,β-unsaturated/α-hetero) is 2. The first kappa shape index (κ1) is 30.0. The van der Waals surface area contributed by atoms with Crippen LogP contribution in [-0.4, -0.2) is 47.1 Å². The molecule has 2 aromatic carbocycles. The van der Waals surface area contributed by atoms with Crippen molar-refractivity contribution < 1.29 is 38.8 Å². The molecule has 0 saturated heterocycles. The summed E-state index contributed by atoms with van der Waals surface area (Å²) in [4.78, 5) is 34.8. The number of benzene rings is 2. The van der Waals surface area contributed by atoms with Crippen LogP contribution in [0, 0.1) is 0 Å². The van der Waals surface area contributed by atoms with Gasteiger partial charge in [0.2, 0.25) is 0 Å². The SMILES string of the molecule is CCCc1c(OCCCCCOc2cc3c(cc2C(C)=O)CCC(CCCC(=O)O)O3)ccc(C(C)=O)c1O. The average molecular weight is 541 g/mol. The first-order chi connectivity index (χ1) is 18.7. The van der Waals surface area contributed by atoms with Crippen LogP contribution in [0.25, 0.3) is 0 Å². The largest absolute Gasteiger partial charge is 0.507 e. The van der Waals surface area contributed by atoms with E-state index in [9.17, 15) is 19.5 Å². The van der Waals surface area contributed by atoms with Gasteiger partial charge in [-0.05, 0) is 89.0 Å². The monoisotopic (exact) mass is 540 g/mol. The molecule has 0 bridgehead atoms. The lowest BCUT2D eigenvalue weighted by Gasteiger charge is -2.27. The topological polar surface area (TPSA) is 119 Å². The minimum atomic E-state index is -0.802. The van der Waals surface area contributed by atoms with E-state index in [1.54, 1.807) is 18.2 Å². The molecule has 1 aliphatic heterocycles. The van der Waals surface area contributed by atoms with E-state index in [1.807, 2.05) is 13.0 Å². The zero-order valence-electron chi connectivity index (χ0n) is 23.2. The Morgan fingerprint density at radius 3 is 2.28 bits per heavy atom. The van der Waals surface area contributed by atoms with Crippen molar-refractivity contribution in [2.45, 2.75) is 91.1 Å². The zero-order valence-corrected chi connectivity index (χ0v) is 23.2. The van der Waals surface area contributed by atoms with Gasteiger partial charge in [-0.3, -0.25) is 14.4 Å². The van der Waals surface area contributed by atoms with E-state index in [4.69, 9.17) is 19.3 Å². The third-order valence-corrected chi connectivity index (χ3v) is 6.91. The Balaban J connectivity index is 1.49. The number of aliphatic carboxylic acids is 1. The summed E-state index contributed by atoms with van der Waals surface area (Å²) in [6.07, 6.45) is 6.78. The maximum Gasteiger partial charge on any atom is 0.303 e. The number of aryl methyl sites for hydroxylation is 1. The number of carboxylic acid groups (broad SMARTS) is 1. The Kier molecular flexibility index (Phi) is 11.2. The Bertz CT molecular complexity index is 1170. The Hall–Kier alpha value is -3.55. The summed E-state index contributed by atoms with van der Waals surface area (Å²) in [5.41, 5.74) is 2.50. The number of ether oxygens (including phenoxy) is 3. The number of carboxylic acids is 1. The fraction of sp³-hybridized carbons (Fsp3) is 0.516. The molecule has 0 saturated carbocycles. The number of phenols is 1. The molecule has 1 unspecified atom stereocenters. The third kappa shape index (κ3) is 8.47. The molecule has 3 rings (SSSR count). The minimum Gasteiger partial charge on any atom is -0.507 e. The highest BCUT2D eigenvalue weighted by molar-refractivity contribution is 5.98. The summed E-state index contributed by atoms with van der Waals surface area (Å²) in [6, 6.07) is 7.01. The average Bonchev–Trinajstić information content (AvgIpc) is 2.88. The maximum absolute atomic E-state index is 12.3. The number of hydrogen-bond donors (Lipinski definition) is 2. The minimum absolute atomic E-state index is 0.0112. The van der Waals surface area contributed by atoms with Gasteiger partial charge in [-0.15, -0.1) is 0 Å². The van der Waals surface area contributed by atoms with Crippen molar-refractivity contribution in [2.24, 2.45) is 0 Å². The molecule has 1 heterocycles. The molecule has 39 heavy (non-hydrogen) atoms. The van der Waals surface area contributed by atoms with Crippen LogP contribution in [0.3, 0.4) is 0 Å². The van der Waals surface area contributed by atoms with Gasteiger partial charge in [0.05, 0.1) is 30.4 Å². The van der Waals surface area contributed by atoms with E-state index in [0.29, 0.717) is 66.4 Å². The number of rotatable bonds is 16. The highest BCUT2D eigenvalue weighted by Crippen LogP contribution is 2.36. The second kappa shape index (κ2) is 14.6. The summed E-state index contributed by atoms with van der Waals surface area (Å²) < 4.78 is 18.0. The molecule has 0 fully saturated rings. The van der Waals surface area contributed by atoms with Gasteiger partial charge in [-0.25, -0.2) is 0 Å². The van der Waals surface area contributed by atoms with Crippen LogP contribution in [0.2, 0.25) is 0 Å². The molecule has 1 aliphatic rings. The van der Waals surface area contributed by atoms with Gasteiger partial charge in [-0.1, -0.05) is 13.3 Å². The summed E-state index contributed by atoms with van der Waals surface area (Å²) >= 11 is 0. The molecule has 8 heteroatoms. The number of hydrogen-bond acceptors (Lipinski definition) is 7. The first-order valence-electron chi connectivity index (χ1n) is 13.9. The van der Waals surface area contributed by atoms with Gasteiger partial charge < -0.3 is 24.4 Å². The number of ketones is 2. The van der Waals surface area contributed by atoms with Gasteiger partial charge in [0.15, 0.2) is 11.6 Å². The van der Waals surface area contributed by atoms with Crippen LogP contribution in [0.15, 0.2) is 24.3 Å². The molecule has 1 atom stereocenters. The molecular formula is C31H40O8. The molecule has 2 N–H and O–H groups in total. The van der Waals surface area contributed by atoms with Crippen molar-refractivity contribution in [3.63, 3.8) is 0 Å². The van der Waals surface area contributed by atoms with Crippen LogP contribution in [-0.2, 0) is 17.6 Å². The van der Waals surface area contributed by atoms with Crippen molar-refractivity contribution in [1.82, 2.24) is 0 Å². The van der Waals surface area contributed by atoms with Crippen molar-refractivity contribution >= 4 is 17.5 Å². The lowest BCUT2D eigenvalue weighted by Crippen LogP contribution is -2.23. The summed E-state index contributed by atoms with van der Waals surface area (Å²) in [5.74, 6) is 0.792. The normalized spacial score (nSPS) is 14.3. The second-order valence-corrected chi connectivity index (χ2v) is 10.1. The Morgan fingerprint density at radius 1 is 0.949 bits per heavy atom. The number of aromatic hydroxyl groups is 1. The summed E-state index contributed by atoms with van der Waals surface area (Å²) in [6.45, 7) is 5.89. The third-order valence-electron chi connectivity index (χ3n) is 6.91. The number of carbonyl (C=O) groups is 3. The molecule has 0 aromatic heterocycles. The van der Waals surface area contributed by atoms with Crippen LogP contribution >= 0.6 is 0 Å². The van der Waals surface area contributed by atoms with Crippen LogP contribution in [0.1, 0.15) is 104 Å². The first-order valence-corrected chi connectivity index (χ1v) is 13.9. The molecule has 0 aliphatic carbocycles. The van der Waals surface area contributed by atoms with Gasteiger partial charge in [-0.2, -0.15) is 0 Å². The van der Waals surface area contributed by atoms with Gasteiger partial charge in [0, 0.05) is 18.1 Å². The molecular weight excluding hydrogens is 500 g/mol. The lowest BCUT2D eigenvalue weighted by molar-refractivity contribution is -0.137. The molecule has 8 nitrogen and oxygen atoms in total. The summed E-state index contributed by atoms with van der Waals surface area (Å²) in [7, 11) is 0. The number of carbonyl (C=O) groups excluding carboxylic acids is 2. The smallest absolute Gasteiger partial charge is 0.303 e.